The summed E-state index contributed by atoms with van der Waals surface area (Å²) in [5.74, 6) is 0.161. The fourth-order valence-electron chi connectivity index (χ4n) is 2.99. The molecule has 1 unspecified atom stereocenters. The lowest BCUT2D eigenvalue weighted by Gasteiger charge is -2.32. The molecular formula is C16H23F2N3O4. The van der Waals surface area contributed by atoms with E-state index in [9.17, 15) is 18.9 Å². The SMILES string of the molecule is CNC1CCCN(Cc2cc(OC)c(OCC(F)F)cc2[N+](=O)[O-])C1. The molecule has 1 aromatic rings. The summed E-state index contributed by atoms with van der Waals surface area (Å²) in [5, 5.41) is 14.6. The van der Waals surface area contributed by atoms with E-state index in [1.807, 2.05) is 7.05 Å². The van der Waals surface area contributed by atoms with Crippen LogP contribution in [0.3, 0.4) is 0 Å². The number of nitro groups is 1. The van der Waals surface area contributed by atoms with Crippen molar-refractivity contribution < 1.29 is 23.2 Å². The van der Waals surface area contributed by atoms with Crippen LogP contribution in [-0.2, 0) is 6.54 Å². The Bertz CT molecular complexity index is 601. The smallest absolute Gasteiger partial charge is 0.277 e. The molecular weight excluding hydrogens is 336 g/mol. The van der Waals surface area contributed by atoms with Gasteiger partial charge in [-0.25, -0.2) is 8.78 Å². The average molecular weight is 359 g/mol. The predicted octanol–water partition coefficient (Wildman–Crippen LogP) is 2.43. The van der Waals surface area contributed by atoms with Gasteiger partial charge in [-0.15, -0.1) is 0 Å². The maximum absolute atomic E-state index is 12.4. The van der Waals surface area contributed by atoms with Crippen LogP contribution < -0.4 is 14.8 Å². The first-order valence-electron chi connectivity index (χ1n) is 8.10. The van der Waals surface area contributed by atoms with Crippen molar-refractivity contribution in [3.63, 3.8) is 0 Å². The highest BCUT2D eigenvalue weighted by Crippen LogP contribution is 2.35. The second-order valence-electron chi connectivity index (χ2n) is 5.95. The molecule has 0 bridgehead atoms. The van der Waals surface area contributed by atoms with Gasteiger partial charge >= 0.3 is 0 Å². The Morgan fingerprint density at radius 3 is 2.80 bits per heavy atom. The summed E-state index contributed by atoms with van der Waals surface area (Å²) in [6.07, 6.45) is -0.597. The molecule has 0 spiro atoms. The number of halogens is 2. The van der Waals surface area contributed by atoms with Crippen LogP contribution in [0, 0.1) is 10.1 Å². The number of hydrogen-bond donors (Lipinski definition) is 1. The monoisotopic (exact) mass is 359 g/mol. The fourth-order valence-corrected chi connectivity index (χ4v) is 2.99. The molecule has 0 saturated carbocycles. The number of nitro benzene ring substituents is 1. The van der Waals surface area contributed by atoms with Gasteiger partial charge in [0.2, 0.25) is 0 Å². The van der Waals surface area contributed by atoms with Crippen molar-refractivity contribution in [1.82, 2.24) is 10.2 Å². The molecule has 2 rings (SSSR count). The van der Waals surface area contributed by atoms with Gasteiger partial charge in [0.1, 0.15) is 6.61 Å². The Morgan fingerprint density at radius 2 is 2.20 bits per heavy atom. The van der Waals surface area contributed by atoms with E-state index in [1.165, 1.54) is 13.2 Å². The number of rotatable bonds is 8. The Hall–Kier alpha value is -2.00. The quantitative estimate of drug-likeness (QED) is 0.567. The first-order chi connectivity index (χ1) is 11.9. The highest BCUT2D eigenvalue weighted by molar-refractivity contribution is 5.54. The summed E-state index contributed by atoms with van der Waals surface area (Å²) in [4.78, 5) is 13.0. The topological polar surface area (TPSA) is 76.9 Å². The first kappa shape index (κ1) is 19.3. The number of piperidine rings is 1. The third kappa shape index (κ3) is 5.23. The minimum absolute atomic E-state index is 0.0509. The van der Waals surface area contributed by atoms with Crippen LogP contribution in [-0.4, -0.2) is 56.1 Å². The van der Waals surface area contributed by atoms with Crippen LogP contribution >= 0.6 is 0 Å². The molecule has 1 saturated heterocycles. The Kier molecular flexibility index (Phi) is 6.89. The average Bonchev–Trinajstić information content (AvgIpc) is 2.59. The number of alkyl halides is 2. The third-order valence-electron chi connectivity index (χ3n) is 4.23. The number of benzene rings is 1. The largest absolute Gasteiger partial charge is 0.493 e. The zero-order valence-electron chi connectivity index (χ0n) is 14.3. The Labute approximate surface area is 145 Å². The van der Waals surface area contributed by atoms with Gasteiger partial charge in [0.25, 0.3) is 12.1 Å². The summed E-state index contributed by atoms with van der Waals surface area (Å²) in [5.41, 5.74) is 0.319. The van der Waals surface area contributed by atoms with Crippen LogP contribution in [0.1, 0.15) is 18.4 Å². The van der Waals surface area contributed by atoms with Crippen LogP contribution in [0.5, 0.6) is 11.5 Å². The van der Waals surface area contributed by atoms with Crippen LogP contribution in [0.2, 0.25) is 0 Å². The Morgan fingerprint density at radius 1 is 1.44 bits per heavy atom. The number of methoxy groups -OCH3 is 1. The van der Waals surface area contributed by atoms with Gasteiger partial charge in [0.15, 0.2) is 11.5 Å². The number of nitrogens with one attached hydrogen (secondary N) is 1. The molecule has 0 amide bonds. The minimum Gasteiger partial charge on any atom is -0.493 e. The maximum atomic E-state index is 12.4. The van der Waals surface area contributed by atoms with Gasteiger partial charge in [-0.1, -0.05) is 0 Å². The molecule has 1 aliphatic rings. The first-order valence-corrected chi connectivity index (χ1v) is 8.10. The van der Waals surface area contributed by atoms with E-state index in [1.54, 1.807) is 0 Å². The van der Waals surface area contributed by atoms with Gasteiger partial charge in [-0.3, -0.25) is 15.0 Å². The molecule has 1 atom stereocenters. The number of ether oxygens (including phenoxy) is 2. The molecule has 0 aromatic heterocycles. The molecule has 1 aliphatic heterocycles. The normalized spacial score (nSPS) is 18.4. The number of likely N-dealkylation sites (N-methyl/N-ethyl adjacent to an activating group) is 1. The van der Waals surface area contributed by atoms with Crippen molar-refractivity contribution in [3.05, 3.63) is 27.8 Å². The van der Waals surface area contributed by atoms with E-state index >= 15 is 0 Å². The summed E-state index contributed by atoms with van der Waals surface area (Å²) in [6, 6.07) is 3.01. The summed E-state index contributed by atoms with van der Waals surface area (Å²) >= 11 is 0. The molecule has 25 heavy (non-hydrogen) atoms. The predicted molar refractivity (Wildman–Crippen MR) is 88.5 cm³/mol. The van der Waals surface area contributed by atoms with E-state index in [4.69, 9.17) is 9.47 Å². The highest BCUT2D eigenvalue weighted by atomic mass is 19.3. The van der Waals surface area contributed by atoms with Crippen molar-refractivity contribution in [2.75, 3.05) is 33.9 Å². The van der Waals surface area contributed by atoms with Crippen molar-refractivity contribution >= 4 is 5.69 Å². The number of nitrogens with zero attached hydrogens (tertiary/aromatic N) is 2. The maximum Gasteiger partial charge on any atom is 0.277 e. The fraction of sp³-hybridized carbons (Fsp3) is 0.625. The van der Waals surface area contributed by atoms with Gasteiger partial charge < -0.3 is 14.8 Å². The number of likely N-dealkylation sites (tertiary alicyclic amines) is 1. The molecule has 140 valence electrons. The zero-order chi connectivity index (χ0) is 18.4. The second-order valence-corrected chi connectivity index (χ2v) is 5.95. The van der Waals surface area contributed by atoms with E-state index in [-0.39, 0.29) is 17.2 Å². The molecule has 0 radical (unpaired) electrons. The van der Waals surface area contributed by atoms with E-state index in [2.05, 4.69) is 10.2 Å². The lowest BCUT2D eigenvalue weighted by atomic mass is 10.0. The van der Waals surface area contributed by atoms with Crippen molar-refractivity contribution in [1.29, 1.82) is 0 Å². The molecule has 1 N–H and O–H groups in total. The molecule has 1 heterocycles. The molecule has 1 fully saturated rings. The van der Waals surface area contributed by atoms with Crippen LogP contribution in [0.15, 0.2) is 12.1 Å². The standard InChI is InChI=1S/C16H23F2N3O4/c1-19-12-4-3-5-20(9-12)8-11-6-14(24-2)15(25-10-16(17)18)7-13(11)21(22)23/h6-7,12,16,19H,3-5,8-10H2,1-2H3. The highest BCUT2D eigenvalue weighted by Gasteiger charge is 2.25. The van der Waals surface area contributed by atoms with Crippen LogP contribution in [0.25, 0.3) is 0 Å². The van der Waals surface area contributed by atoms with Gasteiger partial charge in [-0.2, -0.15) is 0 Å². The molecule has 9 heteroatoms. The van der Waals surface area contributed by atoms with Crippen LogP contribution in [0.4, 0.5) is 14.5 Å². The minimum atomic E-state index is -2.67. The van der Waals surface area contributed by atoms with Crippen molar-refractivity contribution in [2.24, 2.45) is 0 Å². The van der Waals surface area contributed by atoms with Gasteiger partial charge in [0, 0.05) is 24.7 Å². The Balaban J connectivity index is 2.25. The summed E-state index contributed by atoms with van der Waals surface area (Å²) in [6.45, 7) is 1.18. The van der Waals surface area contributed by atoms with Crippen molar-refractivity contribution in [3.8, 4) is 11.5 Å². The van der Waals surface area contributed by atoms with E-state index in [0.29, 0.717) is 18.2 Å². The zero-order valence-corrected chi connectivity index (χ0v) is 14.3. The summed E-state index contributed by atoms with van der Waals surface area (Å²) < 4.78 is 34.8. The molecule has 1 aromatic carbocycles. The third-order valence-corrected chi connectivity index (χ3v) is 4.23. The molecule has 0 aliphatic carbocycles. The van der Waals surface area contributed by atoms with Gasteiger partial charge in [-0.05, 0) is 32.5 Å². The lowest BCUT2D eigenvalue weighted by molar-refractivity contribution is -0.385. The summed E-state index contributed by atoms with van der Waals surface area (Å²) in [7, 11) is 3.27. The lowest BCUT2D eigenvalue weighted by Crippen LogP contribution is -2.43. The number of hydrogen-bond acceptors (Lipinski definition) is 6. The molecule has 7 nitrogen and oxygen atoms in total. The van der Waals surface area contributed by atoms with E-state index < -0.39 is 18.0 Å². The van der Waals surface area contributed by atoms with E-state index in [0.717, 1.165) is 32.0 Å². The second kappa shape index (κ2) is 8.91. The van der Waals surface area contributed by atoms with Gasteiger partial charge in [0.05, 0.1) is 18.1 Å². The van der Waals surface area contributed by atoms with Crippen molar-refractivity contribution in [2.45, 2.75) is 31.9 Å².